The van der Waals surface area contributed by atoms with E-state index in [0.717, 1.165) is 14.2 Å². The van der Waals surface area contributed by atoms with Crippen LogP contribution in [-0.4, -0.2) is 59.9 Å². The van der Waals surface area contributed by atoms with Crippen molar-refractivity contribution < 1.29 is 42.1 Å². The first kappa shape index (κ1) is 27.2. The summed E-state index contributed by atoms with van der Waals surface area (Å²) < 4.78 is 50.0. The third-order valence-electron chi connectivity index (χ3n) is 5.57. The molecule has 178 valence electrons. The van der Waals surface area contributed by atoms with Crippen LogP contribution in [0, 0.1) is 5.41 Å². The molecule has 0 aliphatic heterocycles. The van der Waals surface area contributed by atoms with E-state index in [0.29, 0.717) is 5.56 Å². The van der Waals surface area contributed by atoms with Gasteiger partial charge in [0.15, 0.2) is 5.60 Å². The molecule has 7 nitrogen and oxygen atoms in total. The number of esters is 2. The zero-order valence-corrected chi connectivity index (χ0v) is 18.6. The first-order valence-corrected chi connectivity index (χ1v) is 9.64. The fourth-order valence-electron chi connectivity index (χ4n) is 3.28. The number of amides is 1. The van der Waals surface area contributed by atoms with Crippen molar-refractivity contribution in [3.63, 3.8) is 0 Å². The second kappa shape index (κ2) is 10.2. The van der Waals surface area contributed by atoms with Crippen molar-refractivity contribution in [1.29, 1.82) is 0 Å². The number of benzene rings is 1. The van der Waals surface area contributed by atoms with Crippen molar-refractivity contribution in [1.82, 2.24) is 4.90 Å². The van der Waals surface area contributed by atoms with Crippen molar-refractivity contribution >= 4 is 17.8 Å². The summed E-state index contributed by atoms with van der Waals surface area (Å²) in [5, 5.41) is 11.2. The van der Waals surface area contributed by atoms with Gasteiger partial charge < -0.3 is 19.5 Å². The quantitative estimate of drug-likeness (QED) is 0.450. The molecule has 0 radical (unpaired) electrons. The molecule has 0 heterocycles. The Balaban J connectivity index is 3.73. The predicted octanol–water partition coefficient (Wildman–Crippen LogP) is 3.19. The van der Waals surface area contributed by atoms with Crippen LogP contribution in [0.15, 0.2) is 43.0 Å². The summed E-state index contributed by atoms with van der Waals surface area (Å²) in [6.45, 7) is 7.62. The Bertz CT molecular complexity index is 840. The highest BCUT2D eigenvalue weighted by Crippen LogP contribution is 2.40. The SMILES string of the molecule is C=CC(C)(C)[C@@](O)(C[C@@H](C(=O)OC)N(C(=O)C(F)(F)F)[C@H](C)c1ccccc1)C(=O)OC. The lowest BCUT2D eigenvalue weighted by atomic mass is 9.71. The number of nitrogens with zero attached hydrogens (tertiary/aromatic N) is 1. The highest BCUT2D eigenvalue weighted by molar-refractivity contribution is 5.89. The minimum atomic E-state index is -5.34. The predicted molar refractivity (Wildman–Crippen MR) is 109 cm³/mol. The fourth-order valence-corrected chi connectivity index (χ4v) is 3.28. The van der Waals surface area contributed by atoms with Crippen LogP contribution in [0.2, 0.25) is 0 Å². The van der Waals surface area contributed by atoms with Crippen LogP contribution in [0.5, 0.6) is 0 Å². The number of alkyl halides is 3. The van der Waals surface area contributed by atoms with E-state index in [1.54, 1.807) is 18.2 Å². The topological polar surface area (TPSA) is 93.1 Å². The van der Waals surface area contributed by atoms with Crippen LogP contribution in [0.25, 0.3) is 0 Å². The Kier molecular flexibility index (Phi) is 8.62. The smallest absolute Gasteiger partial charge is 0.467 e. The van der Waals surface area contributed by atoms with Gasteiger partial charge in [-0.3, -0.25) is 4.79 Å². The van der Waals surface area contributed by atoms with Crippen LogP contribution in [0.1, 0.15) is 38.8 Å². The average Bonchev–Trinajstić information content (AvgIpc) is 2.76. The van der Waals surface area contributed by atoms with E-state index < -0.39 is 53.5 Å². The lowest BCUT2D eigenvalue weighted by Crippen LogP contribution is -2.59. The molecule has 1 amide bonds. The second-order valence-electron chi connectivity index (χ2n) is 7.82. The minimum Gasteiger partial charge on any atom is -0.467 e. The van der Waals surface area contributed by atoms with Crippen LogP contribution in [0.3, 0.4) is 0 Å². The van der Waals surface area contributed by atoms with Crippen molar-refractivity contribution in [2.75, 3.05) is 14.2 Å². The average molecular weight is 459 g/mol. The second-order valence-corrected chi connectivity index (χ2v) is 7.82. The maximum atomic E-state index is 13.5. The minimum absolute atomic E-state index is 0.272. The van der Waals surface area contributed by atoms with Gasteiger partial charge in [-0.1, -0.05) is 50.3 Å². The fraction of sp³-hybridized carbons (Fsp3) is 0.500. The van der Waals surface area contributed by atoms with Crippen molar-refractivity contribution in [2.45, 2.75) is 51.1 Å². The van der Waals surface area contributed by atoms with Gasteiger partial charge in [0.1, 0.15) is 6.04 Å². The molecule has 1 N–H and O–H groups in total. The lowest BCUT2D eigenvalue weighted by molar-refractivity contribution is -0.198. The monoisotopic (exact) mass is 459 g/mol. The van der Waals surface area contributed by atoms with E-state index in [-0.39, 0.29) is 4.90 Å². The van der Waals surface area contributed by atoms with Gasteiger partial charge in [0.2, 0.25) is 0 Å². The number of hydrogen-bond donors (Lipinski definition) is 1. The normalized spacial score (nSPS) is 15.7. The van der Waals surface area contributed by atoms with E-state index in [1.807, 2.05) is 0 Å². The first-order chi connectivity index (χ1) is 14.7. The van der Waals surface area contributed by atoms with Crippen molar-refractivity contribution in [3.8, 4) is 0 Å². The molecular weight excluding hydrogens is 431 g/mol. The summed E-state index contributed by atoms with van der Waals surface area (Å²) in [5.41, 5.74) is -3.67. The largest absolute Gasteiger partial charge is 0.471 e. The third kappa shape index (κ3) is 5.48. The van der Waals surface area contributed by atoms with Gasteiger partial charge >= 0.3 is 24.0 Å². The molecule has 3 atom stereocenters. The number of carbonyl (C=O) groups is 3. The molecule has 0 unspecified atom stereocenters. The number of rotatable bonds is 9. The van der Waals surface area contributed by atoms with E-state index in [2.05, 4.69) is 16.1 Å². The molecule has 1 rings (SSSR count). The summed E-state index contributed by atoms with van der Waals surface area (Å²) in [6, 6.07) is 4.47. The van der Waals surface area contributed by atoms with Gasteiger partial charge in [0.05, 0.1) is 20.3 Å². The number of aliphatic hydroxyl groups is 1. The van der Waals surface area contributed by atoms with Gasteiger partial charge in [-0.25, -0.2) is 9.59 Å². The molecule has 0 aliphatic rings. The number of halogens is 3. The van der Waals surface area contributed by atoms with Crippen molar-refractivity contribution in [2.24, 2.45) is 5.41 Å². The van der Waals surface area contributed by atoms with Crippen LogP contribution in [0.4, 0.5) is 13.2 Å². The van der Waals surface area contributed by atoms with E-state index >= 15 is 0 Å². The molecule has 0 saturated carbocycles. The standard InChI is InChI=1S/C22H28F3NO6/c1-7-20(3,4)21(30,19(29)32-6)13-16(17(27)31-5)26(18(28)22(23,24)25)14(2)15-11-9-8-10-12-15/h7-12,14,16,30H,1,13H2,2-6H3/t14-,16+,21-/m1/s1. The summed E-state index contributed by atoms with van der Waals surface area (Å²) in [4.78, 5) is 37.9. The Morgan fingerprint density at radius 1 is 1.12 bits per heavy atom. The molecule has 0 spiro atoms. The summed E-state index contributed by atoms with van der Waals surface area (Å²) in [5.74, 6) is -4.77. The molecule has 1 aromatic rings. The van der Waals surface area contributed by atoms with Crippen LogP contribution in [-0.2, 0) is 23.9 Å². The van der Waals surface area contributed by atoms with E-state index in [4.69, 9.17) is 0 Å². The zero-order chi connectivity index (χ0) is 24.9. The van der Waals surface area contributed by atoms with Gasteiger partial charge in [0.25, 0.3) is 0 Å². The van der Waals surface area contributed by atoms with Gasteiger partial charge in [-0.05, 0) is 12.5 Å². The van der Waals surface area contributed by atoms with Gasteiger partial charge in [-0.2, -0.15) is 13.2 Å². The number of hydrogen-bond acceptors (Lipinski definition) is 6. The summed E-state index contributed by atoms with van der Waals surface area (Å²) in [7, 11) is 1.90. The molecule has 0 bridgehead atoms. The Morgan fingerprint density at radius 2 is 1.66 bits per heavy atom. The number of carbonyl (C=O) groups excluding carboxylic acids is 3. The molecule has 1 aromatic carbocycles. The first-order valence-electron chi connectivity index (χ1n) is 9.64. The van der Waals surface area contributed by atoms with Crippen LogP contribution >= 0.6 is 0 Å². The summed E-state index contributed by atoms with van der Waals surface area (Å²) in [6.07, 6.45) is -5.06. The number of methoxy groups -OCH3 is 2. The van der Waals surface area contributed by atoms with Gasteiger partial charge in [0, 0.05) is 11.8 Å². The Hall–Kier alpha value is -2.88. The third-order valence-corrected chi connectivity index (χ3v) is 5.57. The number of ether oxygens (including phenoxy) is 2. The molecule has 0 aliphatic carbocycles. The molecule has 0 aromatic heterocycles. The highest BCUT2D eigenvalue weighted by Gasteiger charge is 2.56. The Morgan fingerprint density at radius 3 is 2.06 bits per heavy atom. The van der Waals surface area contributed by atoms with Crippen molar-refractivity contribution in [3.05, 3.63) is 48.6 Å². The summed E-state index contributed by atoms with van der Waals surface area (Å²) >= 11 is 0. The maximum Gasteiger partial charge on any atom is 0.471 e. The lowest BCUT2D eigenvalue weighted by Gasteiger charge is -2.43. The molecular formula is C22H28F3NO6. The van der Waals surface area contributed by atoms with E-state index in [1.165, 1.54) is 39.0 Å². The van der Waals surface area contributed by atoms with E-state index in [9.17, 15) is 32.7 Å². The van der Waals surface area contributed by atoms with Crippen LogP contribution < -0.4 is 0 Å². The molecule has 32 heavy (non-hydrogen) atoms. The maximum absolute atomic E-state index is 13.5. The Labute approximate surface area is 184 Å². The molecule has 10 heteroatoms. The highest BCUT2D eigenvalue weighted by atomic mass is 19.4. The molecule has 0 saturated heterocycles. The zero-order valence-electron chi connectivity index (χ0n) is 18.6. The molecule has 0 fully saturated rings. The van der Waals surface area contributed by atoms with Gasteiger partial charge in [-0.15, -0.1) is 6.58 Å².